The molecule has 5 N–H and O–H groups in total. The first-order valence-electron chi connectivity index (χ1n) is 18.6. The molecule has 2 aromatic heterocycles. The predicted molar refractivity (Wildman–Crippen MR) is 209 cm³/mol. The number of primary amides is 1. The Hall–Kier alpha value is -4.12. The molecule has 4 atom stereocenters. The van der Waals surface area contributed by atoms with E-state index in [9.17, 15) is 23.7 Å². The minimum Gasteiger partial charge on any atom is -0.370 e. The average molecular weight is 829 g/mol. The molecule has 2 aliphatic heterocycles. The number of hydrogen-bond acceptors (Lipinski definition) is 11. The van der Waals surface area contributed by atoms with Gasteiger partial charge in [-0.05, 0) is 75.2 Å². The molecule has 298 valence electrons. The topological polar surface area (TPSA) is 182 Å². The van der Waals surface area contributed by atoms with Gasteiger partial charge in [0.15, 0.2) is 0 Å². The lowest BCUT2D eigenvalue weighted by molar-refractivity contribution is -0.142. The second-order valence-electron chi connectivity index (χ2n) is 14.0. The zero-order valence-electron chi connectivity index (χ0n) is 30.8. The molecule has 4 heterocycles. The van der Waals surface area contributed by atoms with Gasteiger partial charge in [-0.1, -0.05) is 30.3 Å². The second-order valence-corrected chi connectivity index (χ2v) is 18.2. The Balaban J connectivity index is 1.08. The Bertz CT molecular complexity index is 2200. The van der Waals surface area contributed by atoms with Crippen LogP contribution in [-0.4, -0.2) is 77.9 Å². The number of thiophene rings is 1. The van der Waals surface area contributed by atoms with Gasteiger partial charge in [-0.25, -0.2) is 4.98 Å². The van der Waals surface area contributed by atoms with Crippen LogP contribution in [0.5, 0.6) is 0 Å². The van der Waals surface area contributed by atoms with E-state index < -0.39 is 54.7 Å². The number of benzene rings is 2. The maximum atomic E-state index is 15.5. The van der Waals surface area contributed by atoms with Gasteiger partial charge in [0.2, 0.25) is 17.7 Å². The number of aromatic nitrogens is 1. The van der Waals surface area contributed by atoms with Crippen molar-refractivity contribution < 1.29 is 41.6 Å². The van der Waals surface area contributed by atoms with Crippen molar-refractivity contribution in [1.82, 2.24) is 25.8 Å². The quantitative estimate of drug-likeness (QED) is 0.100. The number of carbonyl (C=O) groups is 4. The first-order valence-corrected chi connectivity index (χ1v) is 21.8. The number of alkyl halides is 2. The largest absolute Gasteiger partial charge is 0.404 e. The van der Waals surface area contributed by atoms with Crippen molar-refractivity contribution in [3.63, 3.8) is 0 Å². The summed E-state index contributed by atoms with van der Waals surface area (Å²) < 4.78 is 54.4. The Labute approximate surface area is 330 Å². The molecule has 18 heteroatoms. The van der Waals surface area contributed by atoms with Crippen molar-refractivity contribution in [3.8, 4) is 11.3 Å². The molecule has 1 aliphatic carbocycles. The molecule has 56 heavy (non-hydrogen) atoms. The molecule has 4 amide bonds. The van der Waals surface area contributed by atoms with Crippen molar-refractivity contribution in [1.29, 1.82) is 0 Å². The van der Waals surface area contributed by atoms with E-state index in [2.05, 4.69) is 22.0 Å². The van der Waals surface area contributed by atoms with Crippen LogP contribution < -0.4 is 21.7 Å². The number of hydrogen-bond donors (Lipinski definition) is 4. The zero-order chi connectivity index (χ0) is 39.8. The van der Waals surface area contributed by atoms with Gasteiger partial charge in [-0.15, -0.1) is 22.7 Å². The SMILES string of the molecule is CCOP(=O)(OCC)C(F)(F)c1ccc2sc(C(=O)N[C@H]3CNCC[C@H]4CC[C@@H](C(=O)N[C@@H](CCC(N)=O)c5nc6c(s5)Cc5ccccc5-6)N4C3=O)cc2c1. The Kier molecular flexibility index (Phi) is 11.7. The van der Waals surface area contributed by atoms with Crippen LogP contribution in [0.4, 0.5) is 8.78 Å². The third-order valence-electron chi connectivity index (χ3n) is 10.3. The van der Waals surface area contributed by atoms with Crippen molar-refractivity contribution in [3.05, 3.63) is 74.4 Å². The van der Waals surface area contributed by atoms with E-state index in [0.29, 0.717) is 40.9 Å². The van der Waals surface area contributed by atoms with Crippen molar-refractivity contribution in [2.24, 2.45) is 5.73 Å². The minimum absolute atomic E-state index is 0.0321. The molecule has 0 saturated carbocycles. The molecule has 0 spiro atoms. The number of halogens is 2. The van der Waals surface area contributed by atoms with Crippen LogP contribution in [0.1, 0.15) is 82.7 Å². The van der Waals surface area contributed by atoms with Gasteiger partial charge in [-0.2, -0.15) is 8.78 Å². The van der Waals surface area contributed by atoms with Crippen LogP contribution in [0, 0.1) is 0 Å². The number of nitrogens with one attached hydrogen (secondary N) is 3. The molecule has 7 rings (SSSR count). The summed E-state index contributed by atoms with van der Waals surface area (Å²) >= 11 is 2.55. The fourth-order valence-corrected chi connectivity index (χ4v) is 11.3. The number of nitrogens with two attached hydrogens (primary N) is 1. The smallest absolute Gasteiger partial charge is 0.370 e. The standard InChI is InChI=1S/C38H43F2N6O7PS2/c1-3-52-54(51,53-4-2)38(39,40)23-9-13-29-22(17-23)19-31(55-29)35(49)44-27-20-42-16-15-24-10-12-28(46(24)37(27)50)34(48)43-26(11-14-32(41)47)36-45-33-25-8-6-5-7-21(25)18-30(33)56-36/h5-9,13,17,19,24,26-28,42H,3-4,10-12,14-16,18,20H2,1-2H3,(H2,41,47)(H,43,48)(H,44,49)/t24-,26+,27+,28+/m1/s1. The molecule has 2 aromatic carbocycles. The fourth-order valence-electron chi connectivity index (χ4n) is 7.66. The third kappa shape index (κ3) is 7.77. The van der Waals surface area contributed by atoms with E-state index in [0.717, 1.165) is 46.0 Å². The highest BCUT2D eigenvalue weighted by Crippen LogP contribution is 2.67. The molecule has 3 aliphatic rings. The molecule has 2 fully saturated rings. The number of fused-ring (bicyclic) bond motifs is 5. The van der Waals surface area contributed by atoms with Gasteiger partial charge in [0.25, 0.3) is 5.91 Å². The van der Waals surface area contributed by atoms with Gasteiger partial charge < -0.3 is 35.6 Å². The molecule has 13 nitrogen and oxygen atoms in total. The number of amides is 4. The van der Waals surface area contributed by atoms with E-state index in [4.69, 9.17) is 19.8 Å². The molecule has 4 aromatic rings. The first-order chi connectivity index (χ1) is 26.8. The number of nitrogens with zero attached hydrogens (tertiary/aromatic N) is 2. The van der Waals surface area contributed by atoms with Crippen LogP contribution >= 0.6 is 30.3 Å². The predicted octanol–water partition coefficient (Wildman–Crippen LogP) is 5.82. The monoisotopic (exact) mass is 828 g/mol. The maximum Gasteiger partial charge on any atom is 0.404 e. The lowest BCUT2D eigenvalue weighted by Crippen LogP contribution is -2.60. The van der Waals surface area contributed by atoms with Crippen molar-refractivity contribution in [2.75, 3.05) is 26.3 Å². The van der Waals surface area contributed by atoms with Crippen molar-refractivity contribution >= 4 is 64.0 Å². The molecule has 0 unspecified atom stereocenters. The van der Waals surface area contributed by atoms with Crippen LogP contribution in [0.15, 0.2) is 48.5 Å². The van der Waals surface area contributed by atoms with Crippen LogP contribution in [0.3, 0.4) is 0 Å². The summed E-state index contributed by atoms with van der Waals surface area (Å²) in [5.41, 5.74) is 4.09. The molecule has 0 bridgehead atoms. The zero-order valence-corrected chi connectivity index (χ0v) is 33.4. The van der Waals surface area contributed by atoms with Crippen molar-refractivity contribution in [2.45, 2.75) is 82.2 Å². The summed E-state index contributed by atoms with van der Waals surface area (Å²) in [5, 5.41) is 10.1. The van der Waals surface area contributed by atoms with E-state index >= 15 is 8.78 Å². The minimum atomic E-state index is -4.85. The van der Waals surface area contributed by atoms with E-state index in [1.54, 1.807) is 4.90 Å². The molecular formula is C38H43F2N6O7PS2. The normalized spacial score (nSPS) is 20.2. The van der Waals surface area contributed by atoms with E-state index in [1.807, 2.05) is 18.2 Å². The summed E-state index contributed by atoms with van der Waals surface area (Å²) in [4.78, 5) is 61.6. The van der Waals surface area contributed by atoms with Crippen LogP contribution in [0.25, 0.3) is 21.3 Å². The Morgan fingerprint density at radius 2 is 1.86 bits per heavy atom. The fraction of sp³-hybridized carbons (Fsp3) is 0.447. The highest BCUT2D eigenvalue weighted by atomic mass is 32.1. The lowest BCUT2D eigenvalue weighted by Gasteiger charge is -2.35. The number of carbonyl (C=O) groups excluding carboxylic acids is 4. The maximum absolute atomic E-state index is 15.5. The van der Waals surface area contributed by atoms with Gasteiger partial charge in [0.1, 0.15) is 17.1 Å². The van der Waals surface area contributed by atoms with E-state index in [1.165, 1.54) is 42.9 Å². The summed E-state index contributed by atoms with van der Waals surface area (Å²) in [6, 6.07) is 10.5. The third-order valence-corrected chi connectivity index (χ3v) is 14.8. The summed E-state index contributed by atoms with van der Waals surface area (Å²) in [6.45, 7) is 3.08. The van der Waals surface area contributed by atoms with Gasteiger partial charge in [-0.3, -0.25) is 23.7 Å². The Morgan fingerprint density at radius 1 is 1.09 bits per heavy atom. The number of rotatable bonds is 14. The summed E-state index contributed by atoms with van der Waals surface area (Å²) in [7, 11) is -4.85. The van der Waals surface area contributed by atoms with Gasteiger partial charge in [0.05, 0.1) is 29.8 Å². The highest BCUT2D eigenvalue weighted by molar-refractivity contribution is 7.54. The lowest BCUT2D eigenvalue weighted by atomic mass is 10.1. The van der Waals surface area contributed by atoms with Crippen LogP contribution in [0.2, 0.25) is 0 Å². The molecular weight excluding hydrogens is 786 g/mol. The average Bonchev–Trinajstić information content (AvgIpc) is 3.95. The van der Waals surface area contributed by atoms with Crippen LogP contribution in [-0.2, 0) is 40.1 Å². The highest BCUT2D eigenvalue weighted by Gasteiger charge is 2.55. The number of thiazole rings is 1. The van der Waals surface area contributed by atoms with Gasteiger partial charge in [0, 0.05) is 46.1 Å². The summed E-state index contributed by atoms with van der Waals surface area (Å²) in [6.07, 6.45) is 2.62. The summed E-state index contributed by atoms with van der Waals surface area (Å²) in [5.74, 6) is -1.88. The van der Waals surface area contributed by atoms with Gasteiger partial charge >= 0.3 is 13.3 Å². The first kappa shape index (κ1) is 40.1. The Morgan fingerprint density at radius 3 is 2.61 bits per heavy atom. The second kappa shape index (κ2) is 16.4. The molecule has 0 radical (unpaired) electrons. The molecule has 2 saturated heterocycles. The van der Waals surface area contributed by atoms with E-state index in [-0.39, 0.29) is 49.4 Å².